The Labute approximate surface area is 173 Å². The van der Waals surface area contributed by atoms with E-state index in [4.69, 9.17) is 11.6 Å². The molecule has 0 fully saturated rings. The normalized spacial score (nSPS) is 10.8. The Balaban J connectivity index is 1.69. The first kappa shape index (κ1) is 19.0. The lowest BCUT2D eigenvalue weighted by Gasteiger charge is -2.13. The van der Waals surface area contributed by atoms with Crippen molar-refractivity contribution in [2.45, 2.75) is 6.54 Å². The van der Waals surface area contributed by atoms with Crippen LogP contribution in [-0.2, 0) is 13.6 Å². The molecule has 0 aliphatic rings. The van der Waals surface area contributed by atoms with E-state index in [1.165, 1.54) is 15.2 Å². The van der Waals surface area contributed by atoms with E-state index in [2.05, 4.69) is 0 Å². The van der Waals surface area contributed by atoms with Crippen LogP contribution in [0.25, 0.3) is 22.4 Å². The number of aromatic nitrogens is 2. The summed E-state index contributed by atoms with van der Waals surface area (Å²) >= 11 is 5.91. The summed E-state index contributed by atoms with van der Waals surface area (Å²) < 4.78 is 2.74. The highest BCUT2D eigenvalue weighted by atomic mass is 35.5. The highest BCUT2D eigenvalue weighted by Gasteiger charge is 2.11. The summed E-state index contributed by atoms with van der Waals surface area (Å²) in [7, 11) is 1.68. The predicted octanol–water partition coefficient (Wildman–Crippen LogP) is 4.58. The van der Waals surface area contributed by atoms with Crippen molar-refractivity contribution in [3.63, 3.8) is 0 Å². The lowest BCUT2D eigenvalue weighted by atomic mass is 10.0. The lowest BCUT2D eigenvalue weighted by Crippen LogP contribution is -2.39. The van der Waals surface area contributed by atoms with E-state index >= 15 is 0 Å². The van der Waals surface area contributed by atoms with Gasteiger partial charge in [0.15, 0.2) is 0 Å². The fraction of sp³-hybridized carbons (Fsp3) is 0.0833. The van der Waals surface area contributed by atoms with Gasteiger partial charge < -0.3 is 0 Å². The molecule has 29 heavy (non-hydrogen) atoms. The Morgan fingerprint density at radius 1 is 0.759 bits per heavy atom. The van der Waals surface area contributed by atoms with Crippen molar-refractivity contribution in [3.8, 4) is 22.4 Å². The highest BCUT2D eigenvalue weighted by Crippen LogP contribution is 2.23. The van der Waals surface area contributed by atoms with E-state index in [1.54, 1.807) is 19.2 Å². The first-order chi connectivity index (χ1) is 14.0. The smallest absolute Gasteiger partial charge is 0.296 e. The van der Waals surface area contributed by atoms with Crippen LogP contribution in [0.1, 0.15) is 5.56 Å². The Morgan fingerprint density at radius 3 is 2.00 bits per heavy atom. The van der Waals surface area contributed by atoms with Crippen molar-refractivity contribution >= 4 is 11.6 Å². The average Bonchev–Trinajstić information content (AvgIpc) is 2.76. The Hall–Kier alpha value is -3.37. The zero-order chi connectivity index (χ0) is 20.4. The van der Waals surface area contributed by atoms with Gasteiger partial charge in [-0.05, 0) is 34.4 Å². The predicted molar refractivity (Wildman–Crippen MR) is 117 cm³/mol. The van der Waals surface area contributed by atoms with Crippen LogP contribution < -0.4 is 11.2 Å². The molecule has 4 aromatic rings. The van der Waals surface area contributed by atoms with E-state index in [0.717, 1.165) is 22.3 Å². The Morgan fingerprint density at radius 2 is 1.34 bits per heavy atom. The van der Waals surface area contributed by atoms with Crippen LogP contribution in [0.5, 0.6) is 0 Å². The molecule has 1 aromatic heterocycles. The van der Waals surface area contributed by atoms with E-state index in [0.29, 0.717) is 10.7 Å². The van der Waals surface area contributed by atoms with Gasteiger partial charge in [0.2, 0.25) is 0 Å². The topological polar surface area (TPSA) is 44.0 Å². The molecule has 0 N–H and O–H groups in total. The molecule has 0 aliphatic heterocycles. The largest absolute Gasteiger partial charge is 0.331 e. The van der Waals surface area contributed by atoms with Gasteiger partial charge in [-0.25, -0.2) is 4.79 Å². The van der Waals surface area contributed by atoms with Gasteiger partial charge in [0, 0.05) is 18.1 Å². The minimum Gasteiger partial charge on any atom is -0.296 e. The van der Waals surface area contributed by atoms with Crippen molar-refractivity contribution < 1.29 is 0 Å². The molecule has 144 valence electrons. The summed E-state index contributed by atoms with van der Waals surface area (Å²) in [6.45, 7) is 0.204. The van der Waals surface area contributed by atoms with Crippen LogP contribution in [-0.4, -0.2) is 9.13 Å². The van der Waals surface area contributed by atoms with Gasteiger partial charge in [0.25, 0.3) is 5.56 Å². The van der Waals surface area contributed by atoms with Gasteiger partial charge >= 0.3 is 5.69 Å². The fourth-order valence-electron chi connectivity index (χ4n) is 3.33. The molecule has 4 nitrogen and oxygen atoms in total. The zero-order valence-electron chi connectivity index (χ0n) is 15.9. The van der Waals surface area contributed by atoms with E-state index in [9.17, 15) is 9.59 Å². The molecule has 0 amide bonds. The van der Waals surface area contributed by atoms with Gasteiger partial charge in [-0.15, -0.1) is 0 Å². The van der Waals surface area contributed by atoms with Crippen LogP contribution in [0.4, 0.5) is 0 Å². The van der Waals surface area contributed by atoms with Crippen LogP contribution in [0.2, 0.25) is 5.02 Å². The number of hydrogen-bond donors (Lipinski definition) is 0. The maximum atomic E-state index is 12.8. The molecule has 4 rings (SSSR count). The maximum absolute atomic E-state index is 12.8. The Kier molecular flexibility index (Phi) is 5.19. The van der Waals surface area contributed by atoms with Crippen molar-refractivity contribution in [1.29, 1.82) is 0 Å². The quantitative estimate of drug-likeness (QED) is 0.501. The monoisotopic (exact) mass is 402 g/mol. The Bertz CT molecular complexity index is 1260. The lowest BCUT2D eigenvalue weighted by molar-refractivity contribution is 0.644. The number of benzene rings is 3. The SMILES string of the molecule is Cn1c(-c2ccc(-c3ccccc3)cc2)cc(=O)n(Cc2ccc(Cl)cc2)c1=O. The molecular weight excluding hydrogens is 384 g/mol. The first-order valence-corrected chi connectivity index (χ1v) is 9.62. The fourth-order valence-corrected chi connectivity index (χ4v) is 3.46. The summed E-state index contributed by atoms with van der Waals surface area (Å²) in [5, 5.41) is 0.614. The summed E-state index contributed by atoms with van der Waals surface area (Å²) in [5.74, 6) is 0. The van der Waals surface area contributed by atoms with Crippen LogP contribution in [0.15, 0.2) is 94.5 Å². The second-order valence-electron chi connectivity index (χ2n) is 6.87. The van der Waals surface area contributed by atoms with E-state index < -0.39 is 0 Å². The van der Waals surface area contributed by atoms with Gasteiger partial charge in [0.05, 0.1) is 12.2 Å². The van der Waals surface area contributed by atoms with Gasteiger partial charge in [-0.1, -0.05) is 78.3 Å². The molecule has 3 aromatic carbocycles. The molecule has 0 radical (unpaired) electrons. The van der Waals surface area contributed by atoms with Crippen LogP contribution in [0.3, 0.4) is 0 Å². The van der Waals surface area contributed by atoms with Crippen LogP contribution >= 0.6 is 11.6 Å². The summed E-state index contributed by atoms with van der Waals surface area (Å²) in [6.07, 6.45) is 0. The molecule has 1 heterocycles. The third kappa shape index (κ3) is 3.93. The first-order valence-electron chi connectivity index (χ1n) is 9.24. The molecule has 0 bridgehead atoms. The zero-order valence-corrected chi connectivity index (χ0v) is 16.6. The molecular formula is C24H19ClN2O2. The minimum atomic E-state index is -0.352. The van der Waals surface area contributed by atoms with Gasteiger partial charge in [0.1, 0.15) is 0 Å². The molecule has 5 heteroatoms. The van der Waals surface area contributed by atoms with Crippen LogP contribution in [0, 0.1) is 0 Å². The van der Waals surface area contributed by atoms with Crippen molar-refractivity contribution in [1.82, 2.24) is 9.13 Å². The van der Waals surface area contributed by atoms with Crippen molar-refractivity contribution in [2.75, 3.05) is 0 Å². The number of rotatable bonds is 4. The number of halogens is 1. The molecule has 0 atom stereocenters. The van der Waals surface area contributed by atoms with Crippen molar-refractivity contribution in [3.05, 3.63) is 116 Å². The second kappa shape index (κ2) is 7.94. The standard InChI is InChI=1S/C24H19ClN2O2/c1-26-22(20-11-9-19(10-12-20)18-5-3-2-4-6-18)15-23(28)27(24(26)29)16-17-7-13-21(25)14-8-17/h2-15H,16H2,1H3. The van der Waals surface area contributed by atoms with Gasteiger partial charge in [-0.3, -0.25) is 13.9 Å². The molecule has 0 aliphatic carbocycles. The average molecular weight is 403 g/mol. The summed E-state index contributed by atoms with van der Waals surface area (Å²) in [5.41, 5.74) is 3.77. The molecule has 0 unspecified atom stereocenters. The van der Waals surface area contributed by atoms with E-state index in [1.807, 2.05) is 66.7 Å². The highest BCUT2D eigenvalue weighted by molar-refractivity contribution is 6.30. The second-order valence-corrected chi connectivity index (χ2v) is 7.30. The molecule has 0 spiro atoms. The van der Waals surface area contributed by atoms with Crippen molar-refractivity contribution in [2.24, 2.45) is 7.05 Å². The summed E-state index contributed by atoms with van der Waals surface area (Å²) in [4.78, 5) is 25.5. The number of hydrogen-bond acceptors (Lipinski definition) is 2. The van der Waals surface area contributed by atoms with E-state index in [-0.39, 0.29) is 17.8 Å². The maximum Gasteiger partial charge on any atom is 0.331 e. The third-order valence-electron chi connectivity index (χ3n) is 4.95. The molecule has 0 saturated carbocycles. The summed E-state index contributed by atoms with van der Waals surface area (Å²) in [6, 6.07) is 26.5. The third-order valence-corrected chi connectivity index (χ3v) is 5.20. The molecule has 0 saturated heterocycles. The van der Waals surface area contributed by atoms with Gasteiger partial charge in [-0.2, -0.15) is 0 Å². The number of nitrogens with zero attached hydrogens (tertiary/aromatic N) is 2. The minimum absolute atomic E-state index is 0.204.